The van der Waals surface area contributed by atoms with E-state index in [1.54, 1.807) is 6.08 Å². The Labute approximate surface area is 108 Å². The molecular formula is C15H20O3. The largest absolute Gasteiger partial charge is 0.457 e. The summed E-state index contributed by atoms with van der Waals surface area (Å²) in [5, 5.41) is 9.21. The van der Waals surface area contributed by atoms with Gasteiger partial charge in [0, 0.05) is 6.08 Å². The molecule has 98 valence electrons. The average Bonchev–Trinajstić information content (AvgIpc) is 2.24. The Morgan fingerprint density at radius 2 is 2.06 bits per heavy atom. The lowest BCUT2D eigenvalue weighted by molar-refractivity contribution is -0.148. The van der Waals surface area contributed by atoms with Crippen molar-refractivity contribution in [3.8, 4) is 0 Å². The fraction of sp³-hybridized carbons (Fsp3) is 0.400. The van der Waals surface area contributed by atoms with Crippen LogP contribution in [0.25, 0.3) is 6.08 Å². The van der Waals surface area contributed by atoms with Gasteiger partial charge in [-0.25, -0.2) is 4.79 Å². The molecule has 0 saturated carbocycles. The Kier molecular flexibility index (Phi) is 4.68. The van der Waals surface area contributed by atoms with E-state index in [9.17, 15) is 9.90 Å². The molecule has 18 heavy (non-hydrogen) atoms. The third-order valence-corrected chi connectivity index (χ3v) is 2.28. The summed E-state index contributed by atoms with van der Waals surface area (Å²) in [6.45, 7) is 7.39. The molecule has 0 heterocycles. The predicted octanol–water partition coefficient (Wildman–Crippen LogP) is 2.84. The maximum atomic E-state index is 11.5. The molecule has 0 fully saturated rings. The first-order valence-corrected chi connectivity index (χ1v) is 5.93. The fourth-order valence-electron chi connectivity index (χ4n) is 1.51. The smallest absolute Gasteiger partial charge is 0.331 e. The van der Waals surface area contributed by atoms with Gasteiger partial charge in [-0.05, 0) is 44.9 Å². The van der Waals surface area contributed by atoms with Crippen LogP contribution in [-0.4, -0.2) is 16.7 Å². The standard InChI is InChI=1S/C15H20O3/c1-11-5-6-13(10-16)12(9-11)7-8-14(17)18-15(2,3)4/h5-9,16H,10H2,1-4H3/b8-7+. The van der Waals surface area contributed by atoms with Crippen LogP contribution < -0.4 is 0 Å². The van der Waals surface area contributed by atoms with Gasteiger partial charge in [0.1, 0.15) is 5.60 Å². The first-order chi connectivity index (χ1) is 8.31. The van der Waals surface area contributed by atoms with Crippen LogP contribution in [0.3, 0.4) is 0 Å². The van der Waals surface area contributed by atoms with Crippen molar-refractivity contribution in [1.29, 1.82) is 0 Å². The van der Waals surface area contributed by atoms with Crippen LogP contribution >= 0.6 is 0 Å². The van der Waals surface area contributed by atoms with E-state index >= 15 is 0 Å². The maximum Gasteiger partial charge on any atom is 0.331 e. The molecule has 1 aromatic rings. The zero-order chi connectivity index (χ0) is 13.8. The van der Waals surface area contributed by atoms with Gasteiger partial charge >= 0.3 is 5.97 Å². The first-order valence-electron chi connectivity index (χ1n) is 5.93. The highest BCUT2D eigenvalue weighted by atomic mass is 16.6. The molecule has 3 heteroatoms. The lowest BCUT2D eigenvalue weighted by Gasteiger charge is -2.18. The number of carbonyl (C=O) groups excluding carboxylic acids is 1. The van der Waals surface area contributed by atoms with Crippen LogP contribution in [0.1, 0.15) is 37.5 Å². The summed E-state index contributed by atoms with van der Waals surface area (Å²) in [6.07, 6.45) is 3.06. The molecule has 0 aromatic heterocycles. The monoisotopic (exact) mass is 248 g/mol. The summed E-state index contributed by atoms with van der Waals surface area (Å²) >= 11 is 0. The van der Waals surface area contributed by atoms with Gasteiger partial charge in [0.15, 0.2) is 0 Å². The van der Waals surface area contributed by atoms with E-state index in [4.69, 9.17) is 4.74 Å². The first kappa shape index (κ1) is 14.5. The fourth-order valence-corrected chi connectivity index (χ4v) is 1.51. The second kappa shape index (κ2) is 5.83. The lowest BCUT2D eigenvalue weighted by atomic mass is 10.0. The number of aliphatic hydroxyl groups is 1. The summed E-state index contributed by atoms with van der Waals surface area (Å²) in [4.78, 5) is 11.5. The van der Waals surface area contributed by atoms with E-state index in [1.165, 1.54) is 6.08 Å². The SMILES string of the molecule is Cc1ccc(CO)c(/C=C/C(=O)OC(C)(C)C)c1. The topological polar surface area (TPSA) is 46.5 Å². The lowest BCUT2D eigenvalue weighted by Crippen LogP contribution is -2.22. The van der Waals surface area contributed by atoms with E-state index < -0.39 is 5.60 Å². The molecule has 0 aliphatic heterocycles. The number of rotatable bonds is 3. The maximum absolute atomic E-state index is 11.5. The van der Waals surface area contributed by atoms with Crippen molar-refractivity contribution in [3.05, 3.63) is 41.0 Å². The average molecular weight is 248 g/mol. The molecule has 0 aliphatic rings. The van der Waals surface area contributed by atoms with E-state index in [2.05, 4.69) is 0 Å². The summed E-state index contributed by atoms with van der Waals surface area (Å²) < 4.78 is 5.17. The Hall–Kier alpha value is -1.61. The molecule has 0 amide bonds. The van der Waals surface area contributed by atoms with Crippen molar-refractivity contribution in [1.82, 2.24) is 0 Å². The van der Waals surface area contributed by atoms with Gasteiger partial charge in [0.2, 0.25) is 0 Å². The molecule has 0 radical (unpaired) electrons. The van der Waals surface area contributed by atoms with E-state index in [-0.39, 0.29) is 12.6 Å². The molecule has 1 N–H and O–H groups in total. The van der Waals surface area contributed by atoms with E-state index in [0.29, 0.717) is 0 Å². The van der Waals surface area contributed by atoms with Crippen LogP contribution in [0.5, 0.6) is 0 Å². The number of esters is 1. The minimum absolute atomic E-state index is 0.0473. The van der Waals surface area contributed by atoms with E-state index in [0.717, 1.165) is 16.7 Å². The highest BCUT2D eigenvalue weighted by molar-refractivity contribution is 5.87. The Morgan fingerprint density at radius 1 is 1.39 bits per heavy atom. The van der Waals surface area contributed by atoms with Gasteiger partial charge in [0.05, 0.1) is 6.61 Å². The number of hydrogen-bond acceptors (Lipinski definition) is 3. The molecule has 0 bridgehead atoms. The Morgan fingerprint density at radius 3 is 2.61 bits per heavy atom. The number of aryl methyl sites for hydroxylation is 1. The number of ether oxygens (including phenoxy) is 1. The van der Waals surface area contributed by atoms with Crippen LogP contribution in [0.15, 0.2) is 24.3 Å². The number of benzene rings is 1. The van der Waals surface area contributed by atoms with Gasteiger partial charge in [-0.2, -0.15) is 0 Å². The molecule has 3 nitrogen and oxygen atoms in total. The van der Waals surface area contributed by atoms with Crippen LogP contribution in [0.2, 0.25) is 0 Å². The normalized spacial score (nSPS) is 11.8. The predicted molar refractivity (Wildman–Crippen MR) is 72.0 cm³/mol. The summed E-state index contributed by atoms with van der Waals surface area (Å²) in [5.41, 5.74) is 2.22. The molecule has 1 aromatic carbocycles. The summed E-state index contributed by atoms with van der Waals surface area (Å²) in [5.74, 6) is -0.382. The minimum atomic E-state index is -0.492. The quantitative estimate of drug-likeness (QED) is 0.661. The van der Waals surface area contributed by atoms with Crippen molar-refractivity contribution in [3.63, 3.8) is 0 Å². The van der Waals surface area contributed by atoms with Crippen LogP contribution in [0.4, 0.5) is 0 Å². The minimum Gasteiger partial charge on any atom is -0.457 e. The molecule has 1 rings (SSSR count). The molecular weight excluding hydrogens is 228 g/mol. The molecule has 0 unspecified atom stereocenters. The van der Waals surface area contributed by atoms with Gasteiger partial charge in [-0.15, -0.1) is 0 Å². The zero-order valence-corrected chi connectivity index (χ0v) is 11.4. The van der Waals surface area contributed by atoms with Gasteiger partial charge < -0.3 is 9.84 Å². The highest BCUT2D eigenvalue weighted by Crippen LogP contribution is 2.14. The van der Waals surface area contributed by atoms with Crippen LogP contribution in [0, 0.1) is 6.92 Å². The summed E-state index contributed by atoms with van der Waals surface area (Å²) in [7, 11) is 0. The molecule has 0 atom stereocenters. The molecule has 0 saturated heterocycles. The van der Waals surface area contributed by atoms with Crippen molar-refractivity contribution >= 4 is 12.0 Å². The van der Waals surface area contributed by atoms with E-state index in [1.807, 2.05) is 45.9 Å². The number of carbonyl (C=O) groups is 1. The van der Waals surface area contributed by atoms with Gasteiger partial charge in [0.25, 0.3) is 0 Å². The van der Waals surface area contributed by atoms with Gasteiger partial charge in [-0.3, -0.25) is 0 Å². The van der Waals surface area contributed by atoms with Crippen molar-refractivity contribution in [2.24, 2.45) is 0 Å². The van der Waals surface area contributed by atoms with Crippen LogP contribution in [-0.2, 0) is 16.1 Å². The van der Waals surface area contributed by atoms with Crippen molar-refractivity contribution in [2.45, 2.75) is 39.9 Å². The zero-order valence-electron chi connectivity index (χ0n) is 11.4. The second-order valence-electron chi connectivity index (χ2n) is 5.23. The Balaban J connectivity index is 2.84. The third-order valence-electron chi connectivity index (χ3n) is 2.28. The van der Waals surface area contributed by atoms with Gasteiger partial charge in [-0.1, -0.05) is 23.8 Å². The molecule has 0 aliphatic carbocycles. The highest BCUT2D eigenvalue weighted by Gasteiger charge is 2.13. The second-order valence-corrected chi connectivity index (χ2v) is 5.23. The van der Waals surface area contributed by atoms with Crippen molar-refractivity contribution in [2.75, 3.05) is 0 Å². The Bertz CT molecular complexity index is 453. The molecule has 0 spiro atoms. The number of hydrogen-bond donors (Lipinski definition) is 1. The third kappa shape index (κ3) is 4.72. The van der Waals surface area contributed by atoms with Crippen molar-refractivity contribution < 1.29 is 14.6 Å². The summed E-state index contributed by atoms with van der Waals surface area (Å²) in [6, 6.07) is 5.70. The number of aliphatic hydroxyl groups excluding tert-OH is 1.